The van der Waals surface area contributed by atoms with E-state index < -0.39 is 10.0 Å². The highest BCUT2D eigenvalue weighted by atomic mass is 127. The maximum atomic E-state index is 11.7. The van der Waals surface area contributed by atoms with Gasteiger partial charge in [0, 0.05) is 13.1 Å². The molecule has 0 aliphatic carbocycles. The van der Waals surface area contributed by atoms with Crippen LogP contribution < -0.4 is 15.4 Å². The van der Waals surface area contributed by atoms with Crippen LogP contribution in [0.15, 0.2) is 34.2 Å². The number of guanidine groups is 1. The largest absolute Gasteiger partial charge is 0.357 e. The van der Waals surface area contributed by atoms with Crippen LogP contribution in [0.2, 0.25) is 0 Å². The van der Waals surface area contributed by atoms with Crippen LogP contribution in [0.3, 0.4) is 0 Å². The summed E-state index contributed by atoms with van der Waals surface area (Å²) < 4.78 is 25.7. The summed E-state index contributed by atoms with van der Waals surface area (Å²) in [5.74, 6) is 0.788. The molecule has 0 saturated heterocycles. The lowest BCUT2D eigenvalue weighted by Crippen LogP contribution is -2.37. The van der Waals surface area contributed by atoms with Crippen LogP contribution in [0, 0.1) is 0 Å². The van der Waals surface area contributed by atoms with Gasteiger partial charge < -0.3 is 10.6 Å². The molecule has 0 heterocycles. The van der Waals surface area contributed by atoms with E-state index in [-0.39, 0.29) is 28.9 Å². The van der Waals surface area contributed by atoms with Gasteiger partial charge in [0.1, 0.15) is 0 Å². The van der Waals surface area contributed by atoms with Crippen molar-refractivity contribution in [1.82, 2.24) is 15.4 Å². The number of halogens is 1. The molecular weight excluding hydrogens is 439 g/mol. The number of rotatable bonds is 9. The maximum absolute atomic E-state index is 11.7. The van der Waals surface area contributed by atoms with E-state index in [4.69, 9.17) is 0 Å². The summed E-state index contributed by atoms with van der Waals surface area (Å²) in [5, 5.41) is 6.51. The van der Waals surface area contributed by atoms with Crippen LogP contribution in [-0.2, 0) is 16.6 Å². The van der Waals surface area contributed by atoms with Gasteiger partial charge in [0.25, 0.3) is 0 Å². The van der Waals surface area contributed by atoms with Gasteiger partial charge in [-0.25, -0.2) is 18.1 Å². The monoisotopic (exact) mass is 468 g/mol. The van der Waals surface area contributed by atoms with Crippen LogP contribution in [0.25, 0.3) is 0 Å². The third kappa shape index (κ3) is 8.29. The fourth-order valence-electron chi connectivity index (χ4n) is 1.99. The number of nitrogens with one attached hydrogen (secondary N) is 3. The minimum absolute atomic E-state index is 0. The van der Waals surface area contributed by atoms with Gasteiger partial charge in [0.05, 0.1) is 11.4 Å². The Hall–Kier alpha value is -0.870. The average molecular weight is 468 g/mol. The van der Waals surface area contributed by atoms with Crippen molar-refractivity contribution in [2.45, 2.75) is 44.6 Å². The van der Waals surface area contributed by atoms with Crippen molar-refractivity contribution in [3.63, 3.8) is 0 Å². The second kappa shape index (κ2) is 12.5. The lowest BCUT2D eigenvalue weighted by Gasteiger charge is -2.11. The summed E-state index contributed by atoms with van der Waals surface area (Å²) in [5.41, 5.74) is 0.964. The van der Waals surface area contributed by atoms with Gasteiger partial charge in [-0.15, -0.1) is 24.0 Å². The number of aliphatic imine (C=N–C) groups is 1. The van der Waals surface area contributed by atoms with Gasteiger partial charge in [0.15, 0.2) is 5.96 Å². The first-order chi connectivity index (χ1) is 11.0. The predicted molar refractivity (Wildman–Crippen MR) is 110 cm³/mol. The van der Waals surface area contributed by atoms with Gasteiger partial charge in [0.2, 0.25) is 10.0 Å². The summed E-state index contributed by atoms with van der Waals surface area (Å²) in [6.45, 7) is 6.42. The van der Waals surface area contributed by atoms with Crippen LogP contribution in [0.5, 0.6) is 0 Å². The van der Waals surface area contributed by atoms with Crippen molar-refractivity contribution < 1.29 is 8.42 Å². The highest BCUT2D eigenvalue weighted by Gasteiger charge is 2.10. The first-order valence-electron chi connectivity index (χ1n) is 8.08. The highest BCUT2D eigenvalue weighted by Crippen LogP contribution is 2.10. The van der Waals surface area contributed by atoms with Crippen molar-refractivity contribution in [1.29, 1.82) is 0 Å². The molecule has 0 saturated carbocycles. The molecule has 24 heavy (non-hydrogen) atoms. The standard InChI is InChI=1S/C16H28N4O2S.HI/c1-4-6-7-12-19-16(18-5-2)20-13-14-8-10-15(11-9-14)23(21,22)17-3;/h8-11,17H,4-7,12-13H2,1-3H3,(H2,18,19,20);1H. The fourth-order valence-corrected chi connectivity index (χ4v) is 2.72. The molecular formula is C16H29IN4O2S. The zero-order chi connectivity index (χ0) is 17.1. The molecule has 0 fully saturated rings. The lowest BCUT2D eigenvalue weighted by atomic mass is 10.2. The van der Waals surface area contributed by atoms with Crippen molar-refractivity contribution in [3.8, 4) is 0 Å². The Balaban J connectivity index is 0.00000529. The molecule has 0 aromatic heterocycles. The molecule has 0 aliphatic rings. The molecule has 0 atom stereocenters. The second-order valence-corrected chi connectivity index (χ2v) is 7.07. The number of hydrogen-bond donors (Lipinski definition) is 3. The molecule has 0 unspecified atom stereocenters. The van der Waals surface area contributed by atoms with Crippen molar-refractivity contribution >= 4 is 40.0 Å². The highest BCUT2D eigenvalue weighted by molar-refractivity contribution is 14.0. The number of hydrogen-bond acceptors (Lipinski definition) is 3. The van der Waals surface area contributed by atoms with Gasteiger partial charge in [-0.1, -0.05) is 31.9 Å². The summed E-state index contributed by atoms with van der Waals surface area (Å²) >= 11 is 0. The SMILES string of the molecule is CCCCCNC(=NCc1ccc(S(=O)(=O)NC)cc1)NCC.I. The normalized spacial score (nSPS) is 11.7. The quantitative estimate of drug-likeness (QED) is 0.225. The second-order valence-electron chi connectivity index (χ2n) is 5.18. The molecule has 8 heteroatoms. The number of sulfonamides is 1. The Bertz CT molecular complexity index is 589. The van der Waals surface area contributed by atoms with E-state index in [1.165, 1.54) is 19.9 Å². The summed E-state index contributed by atoms with van der Waals surface area (Å²) in [6.07, 6.45) is 3.52. The Morgan fingerprint density at radius 3 is 2.29 bits per heavy atom. The topological polar surface area (TPSA) is 82.6 Å². The molecule has 3 N–H and O–H groups in total. The lowest BCUT2D eigenvalue weighted by molar-refractivity contribution is 0.588. The Morgan fingerprint density at radius 1 is 1.08 bits per heavy atom. The molecule has 0 aliphatic heterocycles. The third-order valence-electron chi connectivity index (χ3n) is 3.34. The van der Waals surface area contributed by atoms with Crippen molar-refractivity contribution in [2.24, 2.45) is 4.99 Å². The first-order valence-corrected chi connectivity index (χ1v) is 9.56. The van der Waals surface area contributed by atoms with Gasteiger partial charge in [-0.05, 0) is 38.1 Å². The summed E-state index contributed by atoms with van der Waals surface area (Å²) in [6, 6.07) is 6.76. The molecule has 0 radical (unpaired) electrons. The molecule has 1 aromatic carbocycles. The minimum Gasteiger partial charge on any atom is -0.357 e. The maximum Gasteiger partial charge on any atom is 0.240 e. The molecule has 138 valence electrons. The van der Waals surface area contributed by atoms with Crippen molar-refractivity contribution in [3.05, 3.63) is 29.8 Å². The van der Waals surface area contributed by atoms with E-state index in [1.54, 1.807) is 24.3 Å². The van der Waals surface area contributed by atoms with E-state index in [0.717, 1.165) is 31.0 Å². The molecule has 0 bridgehead atoms. The average Bonchev–Trinajstić information content (AvgIpc) is 2.56. The zero-order valence-electron chi connectivity index (χ0n) is 14.6. The van der Waals surface area contributed by atoms with Crippen LogP contribution in [-0.4, -0.2) is 34.5 Å². The smallest absolute Gasteiger partial charge is 0.240 e. The molecule has 0 spiro atoms. The molecule has 1 rings (SSSR count). The molecule has 6 nitrogen and oxygen atoms in total. The Labute approximate surface area is 163 Å². The number of benzene rings is 1. The van der Waals surface area contributed by atoms with Crippen LogP contribution in [0.4, 0.5) is 0 Å². The fraction of sp³-hybridized carbons (Fsp3) is 0.562. The van der Waals surface area contributed by atoms with E-state index in [0.29, 0.717) is 6.54 Å². The first kappa shape index (κ1) is 23.1. The molecule has 1 aromatic rings. The number of unbranched alkanes of at least 4 members (excludes halogenated alkanes) is 2. The van der Waals surface area contributed by atoms with Gasteiger partial charge in [-0.2, -0.15) is 0 Å². The molecule has 0 amide bonds. The van der Waals surface area contributed by atoms with E-state index in [1.807, 2.05) is 6.92 Å². The Kier molecular flexibility index (Phi) is 12.0. The summed E-state index contributed by atoms with van der Waals surface area (Å²) in [7, 11) is -1.98. The van der Waals surface area contributed by atoms with Crippen LogP contribution in [0.1, 0.15) is 38.7 Å². The summed E-state index contributed by atoms with van der Waals surface area (Å²) in [4.78, 5) is 4.78. The Morgan fingerprint density at radius 2 is 1.75 bits per heavy atom. The van der Waals surface area contributed by atoms with E-state index in [2.05, 4.69) is 27.3 Å². The van der Waals surface area contributed by atoms with Crippen molar-refractivity contribution in [2.75, 3.05) is 20.1 Å². The third-order valence-corrected chi connectivity index (χ3v) is 4.77. The van der Waals surface area contributed by atoms with E-state index >= 15 is 0 Å². The van der Waals surface area contributed by atoms with Crippen LogP contribution >= 0.6 is 24.0 Å². The predicted octanol–water partition coefficient (Wildman–Crippen LogP) is 2.46. The zero-order valence-corrected chi connectivity index (χ0v) is 17.8. The van der Waals surface area contributed by atoms with Gasteiger partial charge >= 0.3 is 0 Å². The van der Waals surface area contributed by atoms with Gasteiger partial charge in [-0.3, -0.25) is 0 Å². The number of nitrogens with zero attached hydrogens (tertiary/aromatic N) is 1. The van der Waals surface area contributed by atoms with E-state index in [9.17, 15) is 8.42 Å². The minimum atomic E-state index is -3.38.